The quantitative estimate of drug-likeness (QED) is 0.446. The van der Waals surface area contributed by atoms with Gasteiger partial charge in [0, 0.05) is 36.0 Å². The zero-order chi connectivity index (χ0) is 13.4. The highest BCUT2D eigenvalue weighted by molar-refractivity contribution is 7.99. The molecule has 0 amide bonds. The number of hydrogen-bond donors (Lipinski definition) is 1. The van der Waals surface area contributed by atoms with E-state index < -0.39 is 0 Å². The van der Waals surface area contributed by atoms with Crippen molar-refractivity contribution in [3.63, 3.8) is 0 Å². The van der Waals surface area contributed by atoms with Crippen molar-refractivity contribution in [1.29, 1.82) is 0 Å². The van der Waals surface area contributed by atoms with Crippen molar-refractivity contribution in [3.8, 4) is 0 Å². The molecular formula is C14H23NO2S. The van der Waals surface area contributed by atoms with Gasteiger partial charge >= 0.3 is 0 Å². The Morgan fingerprint density at radius 3 is 2.50 bits per heavy atom. The molecule has 1 aromatic rings. The standard InChI is InChI=1S/C14H23NO2S/c1-4-16-14(17-5-2)8-9-18-13-10-11(3)6-7-12(13)15/h6-7,10,14H,4-5,8-9,15H2,1-3H3. The molecule has 0 atom stereocenters. The minimum atomic E-state index is -0.0986. The lowest BCUT2D eigenvalue weighted by Gasteiger charge is -2.16. The van der Waals surface area contributed by atoms with Gasteiger partial charge in [-0.05, 0) is 38.5 Å². The summed E-state index contributed by atoms with van der Waals surface area (Å²) >= 11 is 1.76. The normalized spacial score (nSPS) is 11.1. The molecule has 102 valence electrons. The van der Waals surface area contributed by atoms with Gasteiger partial charge in [0.15, 0.2) is 6.29 Å². The molecule has 0 aliphatic rings. The first-order chi connectivity index (χ1) is 8.67. The summed E-state index contributed by atoms with van der Waals surface area (Å²) in [6.07, 6.45) is 0.776. The first-order valence-electron chi connectivity index (χ1n) is 6.39. The second kappa shape index (κ2) is 8.40. The largest absolute Gasteiger partial charge is 0.398 e. The van der Waals surface area contributed by atoms with Crippen LogP contribution in [0.15, 0.2) is 23.1 Å². The maximum atomic E-state index is 5.94. The lowest BCUT2D eigenvalue weighted by Crippen LogP contribution is -2.18. The molecule has 1 rings (SSSR count). The van der Waals surface area contributed by atoms with E-state index in [0.717, 1.165) is 22.8 Å². The van der Waals surface area contributed by atoms with Crippen LogP contribution in [0.4, 0.5) is 5.69 Å². The van der Waals surface area contributed by atoms with E-state index in [4.69, 9.17) is 15.2 Å². The van der Waals surface area contributed by atoms with Crippen molar-refractivity contribution >= 4 is 17.4 Å². The van der Waals surface area contributed by atoms with Gasteiger partial charge in [-0.1, -0.05) is 6.07 Å². The van der Waals surface area contributed by atoms with Crippen LogP contribution in [0.1, 0.15) is 25.8 Å². The van der Waals surface area contributed by atoms with E-state index in [2.05, 4.69) is 13.0 Å². The predicted octanol–water partition coefficient (Wildman–Crippen LogP) is 3.46. The molecule has 0 aliphatic carbocycles. The summed E-state index contributed by atoms with van der Waals surface area (Å²) in [5, 5.41) is 0. The number of benzene rings is 1. The van der Waals surface area contributed by atoms with Crippen molar-refractivity contribution in [2.75, 3.05) is 24.7 Å². The van der Waals surface area contributed by atoms with Gasteiger partial charge < -0.3 is 15.2 Å². The van der Waals surface area contributed by atoms with Crippen molar-refractivity contribution in [2.24, 2.45) is 0 Å². The van der Waals surface area contributed by atoms with Crippen LogP contribution in [0.3, 0.4) is 0 Å². The number of nitrogens with two attached hydrogens (primary N) is 1. The van der Waals surface area contributed by atoms with Crippen LogP contribution in [0, 0.1) is 6.92 Å². The third-order valence-corrected chi connectivity index (χ3v) is 3.59. The van der Waals surface area contributed by atoms with Crippen LogP contribution in [-0.4, -0.2) is 25.3 Å². The average molecular weight is 269 g/mol. The van der Waals surface area contributed by atoms with Gasteiger partial charge in [0.25, 0.3) is 0 Å². The molecule has 0 aliphatic heterocycles. The smallest absolute Gasteiger partial charge is 0.158 e. The maximum absolute atomic E-state index is 5.94. The molecule has 0 fully saturated rings. The second-order valence-electron chi connectivity index (χ2n) is 4.02. The predicted molar refractivity (Wildman–Crippen MR) is 78.0 cm³/mol. The molecule has 0 spiro atoms. The number of thioether (sulfide) groups is 1. The highest BCUT2D eigenvalue weighted by atomic mass is 32.2. The molecular weight excluding hydrogens is 246 g/mol. The fourth-order valence-electron chi connectivity index (χ4n) is 1.62. The number of anilines is 1. The van der Waals surface area contributed by atoms with E-state index in [1.165, 1.54) is 5.56 Å². The third kappa shape index (κ3) is 5.29. The zero-order valence-electron chi connectivity index (χ0n) is 11.4. The van der Waals surface area contributed by atoms with E-state index in [0.29, 0.717) is 13.2 Å². The molecule has 0 saturated heterocycles. The van der Waals surface area contributed by atoms with E-state index in [-0.39, 0.29) is 6.29 Å². The van der Waals surface area contributed by atoms with Gasteiger partial charge in [-0.15, -0.1) is 11.8 Å². The SMILES string of the molecule is CCOC(CCSc1cc(C)ccc1N)OCC. The maximum Gasteiger partial charge on any atom is 0.158 e. The molecule has 0 unspecified atom stereocenters. The Bertz CT molecular complexity index is 352. The highest BCUT2D eigenvalue weighted by Gasteiger charge is 2.08. The zero-order valence-corrected chi connectivity index (χ0v) is 12.3. The lowest BCUT2D eigenvalue weighted by molar-refractivity contribution is -0.136. The minimum absolute atomic E-state index is 0.0986. The molecule has 0 aromatic heterocycles. The second-order valence-corrected chi connectivity index (χ2v) is 5.16. The summed E-state index contributed by atoms with van der Waals surface area (Å²) in [7, 11) is 0. The first-order valence-corrected chi connectivity index (χ1v) is 7.38. The van der Waals surface area contributed by atoms with Gasteiger partial charge in [0.05, 0.1) is 0 Å². The summed E-state index contributed by atoms with van der Waals surface area (Å²) < 4.78 is 11.0. The number of aryl methyl sites for hydroxylation is 1. The number of rotatable bonds is 8. The van der Waals surface area contributed by atoms with E-state index >= 15 is 0 Å². The van der Waals surface area contributed by atoms with Crippen LogP contribution >= 0.6 is 11.8 Å². The van der Waals surface area contributed by atoms with Gasteiger partial charge in [-0.2, -0.15) is 0 Å². The average Bonchev–Trinajstić information content (AvgIpc) is 2.34. The van der Waals surface area contributed by atoms with Crippen LogP contribution in [0.2, 0.25) is 0 Å². The van der Waals surface area contributed by atoms with Crippen LogP contribution in [0.25, 0.3) is 0 Å². The van der Waals surface area contributed by atoms with Gasteiger partial charge in [-0.25, -0.2) is 0 Å². The topological polar surface area (TPSA) is 44.5 Å². The molecule has 3 nitrogen and oxygen atoms in total. The van der Waals surface area contributed by atoms with Crippen molar-refractivity contribution < 1.29 is 9.47 Å². The number of nitrogen functional groups attached to an aromatic ring is 1. The Morgan fingerprint density at radius 2 is 1.89 bits per heavy atom. The summed E-state index contributed by atoms with van der Waals surface area (Å²) in [6, 6.07) is 6.11. The summed E-state index contributed by atoms with van der Waals surface area (Å²) in [4.78, 5) is 1.14. The monoisotopic (exact) mass is 269 g/mol. The number of ether oxygens (including phenoxy) is 2. The van der Waals surface area contributed by atoms with Crippen LogP contribution in [0.5, 0.6) is 0 Å². The lowest BCUT2D eigenvalue weighted by atomic mass is 10.2. The Morgan fingerprint density at radius 1 is 1.22 bits per heavy atom. The molecule has 0 heterocycles. The fourth-order valence-corrected chi connectivity index (χ4v) is 2.65. The van der Waals surface area contributed by atoms with Crippen LogP contribution in [-0.2, 0) is 9.47 Å². The Kier molecular flexibility index (Phi) is 7.16. The highest BCUT2D eigenvalue weighted by Crippen LogP contribution is 2.27. The molecule has 4 heteroatoms. The van der Waals surface area contributed by atoms with Crippen molar-refractivity contribution in [1.82, 2.24) is 0 Å². The molecule has 18 heavy (non-hydrogen) atoms. The Labute approximate surface area is 114 Å². The van der Waals surface area contributed by atoms with Gasteiger partial charge in [0.1, 0.15) is 0 Å². The van der Waals surface area contributed by atoms with Crippen LogP contribution < -0.4 is 5.73 Å². The summed E-state index contributed by atoms with van der Waals surface area (Å²) in [5.74, 6) is 0.943. The molecule has 2 N–H and O–H groups in total. The van der Waals surface area contributed by atoms with E-state index in [1.54, 1.807) is 11.8 Å². The molecule has 0 bridgehead atoms. The Balaban J connectivity index is 2.41. The van der Waals surface area contributed by atoms with Gasteiger partial charge in [0.2, 0.25) is 0 Å². The minimum Gasteiger partial charge on any atom is -0.398 e. The van der Waals surface area contributed by atoms with Crippen molar-refractivity contribution in [2.45, 2.75) is 38.4 Å². The third-order valence-electron chi connectivity index (χ3n) is 2.49. The molecule has 0 radical (unpaired) electrons. The first kappa shape index (κ1) is 15.3. The summed E-state index contributed by atoms with van der Waals surface area (Å²) in [6.45, 7) is 7.41. The molecule has 1 aromatic carbocycles. The van der Waals surface area contributed by atoms with E-state index in [1.807, 2.05) is 26.0 Å². The molecule has 0 saturated carbocycles. The Hall–Kier alpha value is -0.710. The number of hydrogen-bond acceptors (Lipinski definition) is 4. The van der Waals surface area contributed by atoms with E-state index in [9.17, 15) is 0 Å². The van der Waals surface area contributed by atoms with Crippen molar-refractivity contribution in [3.05, 3.63) is 23.8 Å². The summed E-state index contributed by atoms with van der Waals surface area (Å²) in [5.41, 5.74) is 8.02. The van der Waals surface area contributed by atoms with Gasteiger partial charge in [-0.3, -0.25) is 0 Å². The fraction of sp³-hybridized carbons (Fsp3) is 0.571.